The van der Waals surface area contributed by atoms with Crippen LogP contribution < -0.4 is 5.30 Å². The van der Waals surface area contributed by atoms with Crippen LogP contribution in [0.1, 0.15) is 98.4 Å². The van der Waals surface area contributed by atoms with Crippen molar-refractivity contribution in [2.45, 2.75) is 98.4 Å². The molecule has 0 saturated heterocycles. The molecule has 0 aliphatic carbocycles. The topological polar surface area (TPSA) is 21.6 Å². The van der Waals surface area contributed by atoms with E-state index in [4.69, 9.17) is 9.73 Å². The Labute approximate surface area is 210 Å². The molecule has 2 aromatic rings. The van der Waals surface area contributed by atoms with Crippen molar-refractivity contribution in [1.82, 2.24) is 0 Å². The second kappa shape index (κ2) is 9.62. The standard InChI is InChI=1S/C31H44NOP/c1-20(2)25-19-33-28(32-25)26(21-15-13-12-14-16-21)34-27-23(30(6,7)8)17-22(29(3,4)5)18-24(27)31(9,10)11/h12-18,20,25H,19H2,1-11H3/t25-/m1/s1. The molecule has 3 heteroatoms. The second-order valence-corrected chi connectivity index (χ2v) is 14.2. The molecule has 2 nitrogen and oxygen atoms in total. The van der Waals surface area contributed by atoms with Crippen LogP contribution in [0, 0.1) is 5.92 Å². The van der Waals surface area contributed by atoms with Crippen molar-refractivity contribution in [2.75, 3.05) is 6.61 Å². The van der Waals surface area contributed by atoms with Gasteiger partial charge in [-0.2, -0.15) is 0 Å². The van der Waals surface area contributed by atoms with Gasteiger partial charge in [-0.15, -0.1) is 0 Å². The van der Waals surface area contributed by atoms with Crippen LogP contribution in [0.15, 0.2) is 47.5 Å². The molecule has 0 saturated carbocycles. The maximum Gasteiger partial charge on any atom is 0.221 e. The Balaban J connectivity index is 2.38. The molecule has 0 amide bonds. The first-order valence-electron chi connectivity index (χ1n) is 12.6. The van der Waals surface area contributed by atoms with Crippen molar-refractivity contribution >= 4 is 24.7 Å². The van der Waals surface area contributed by atoms with E-state index in [1.165, 1.54) is 32.9 Å². The van der Waals surface area contributed by atoms with E-state index in [0.717, 1.165) is 14.1 Å². The van der Waals surface area contributed by atoms with Gasteiger partial charge in [-0.1, -0.05) is 127 Å². The van der Waals surface area contributed by atoms with E-state index in [0.29, 0.717) is 12.5 Å². The monoisotopic (exact) mass is 477 g/mol. The van der Waals surface area contributed by atoms with Crippen molar-refractivity contribution in [1.29, 1.82) is 0 Å². The maximum absolute atomic E-state index is 6.25. The highest BCUT2D eigenvalue weighted by Gasteiger charge is 2.31. The van der Waals surface area contributed by atoms with E-state index in [1.807, 2.05) is 0 Å². The SMILES string of the molecule is CC(C)[C@H]1COC(C(=Pc2c(C(C)(C)C)cc(C(C)(C)C)cc2C(C)(C)C)c2ccccc2)=N1. The van der Waals surface area contributed by atoms with Gasteiger partial charge in [0.05, 0.1) is 11.3 Å². The Kier molecular flexibility index (Phi) is 7.55. The van der Waals surface area contributed by atoms with Crippen LogP contribution in [0.2, 0.25) is 0 Å². The minimum absolute atomic E-state index is 0.0181. The summed E-state index contributed by atoms with van der Waals surface area (Å²) < 4.78 is 6.25. The van der Waals surface area contributed by atoms with Gasteiger partial charge in [0.1, 0.15) is 6.61 Å². The van der Waals surface area contributed by atoms with Gasteiger partial charge in [0.15, 0.2) is 0 Å². The second-order valence-electron chi connectivity index (χ2n) is 13.1. The lowest BCUT2D eigenvalue weighted by molar-refractivity contribution is 0.295. The molecular formula is C31H44NOP. The summed E-state index contributed by atoms with van der Waals surface area (Å²) in [6.45, 7) is 26.1. The van der Waals surface area contributed by atoms with E-state index in [9.17, 15) is 0 Å². The van der Waals surface area contributed by atoms with Crippen LogP contribution in [0.3, 0.4) is 0 Å². The van der Waals surface area contributed by atoms with Crippen LogP contribution >= 0.6 is 8.20 Å². The molecule has 1 aliphatic rings. The number of nitrogens with zero attached hydrogens (tertiary/aromatic N) is 1. The zero-order valence-electron chi connectivity index (χ0n) is 23.2. The zero-order valence-corrected chi connectivity index (χ0v) is 24.1. The Morgan fingerprint density at radius 3 is 1.79 bits per heavy atom. The molecule has 1 heterocycles. The summed E-state index contributed by atoms with van der Waals surface area (Å²) in [5, 5.41) is 2.56. The zero-order chi connectivity index (χ0) is 25.5. The van der Waals surface area contributed by atoms with Gasteiger partial charge >= 0.3 is 0 Å². The van der Waals surface area contributed by atoms with Crippen LogP contribution in [-0.4, -0.2) is 23.8 Å². The molecule has 0 N–H and O–H groups in total. The molecule has 0 spiro atoms. The lowest BCUT2D eigenvalue weighted by Gasteiger charge is -2.32. The third-order valence-electron chi connectivity index (χ3n) is 6.51. The van der Waals surface area contributed by atoms with Crippen molar-refractivity contribution < 1.29 is 4.74 Å². The first kappa shape index (κ1) is 26.7. The predicted molar refractivity (Wildman–Crippen MR) is 152 cm³/mol. The van der Waals surface area contributed by atoms with Gasteiger partial charge < -0.3 is 4.74 Å². The first-order valence-corrected chi connectivity index (χ1v) is 13.5. The summed E-state index contributed by atoms with van der Waals surface area (Å²) >= 11 is 0. The minimum atomic E-state index is 0.0181. The first-order chi connectivity index (χ1) is 15.6. The summed E-state index contributed by atoms with van der Waals surface area (Å²) in [5.74, 6) is 1.28. The highest BCUT2D eigenvalue weighted by Crippen LogP contribution is 2.36. The molecule has 0 radical (unpaired) electrons. The highest BCUT2D eigenvalue weighted by atomic mass is 31.1. The molecule has 0 fully saturated rings. The molecule has 34 heavy (non-hydrogen) atoms. The molecule has 1 atom stereocenters. The van der Waals surface area contributed by atoms with E-state index in [1.54, 1.807) is 0 Å². The fourth-order valence-electron chi connectivity index (χ4n) is 4.14. The smallest absolute Gasteiger partial charge is 0.221 e. The number of ether oxygens (including phenoxy) is 1. The quantitative estimate of drug-likeness (QED) is 0.411. The van der Waals surface area contributed by atoms with Crippen LogP contribution in [-0.2, 0) is 21.0 Å². The molecule has 1 aliphatic heterocycles. The molecule has 0 bridgehead atoms. The van der Waals surface area contributed by atoms with Crippen molar-refractivity contribution in [2.24, 2.45) is 10.9 Å². The molecular weight excluding hydrogens is 433 g/mol. The van der Waals surface area contributed by atoms with Crippen molar-refractivity contribution in [3.05, 3.63) is 64.7 Å². The Morgan fingerprint density at radius 1 is 0.853 bits per heavy atom. The summed E-state index contributed by atoms with van der Waals surface area (Å²) in [4.78, 5) is 5.05. The van der Waals surface area contributed by atoms with Crippen LogP contribution in [0.5, 0.6) is 0 Å². The number of hydrogen-bond donors (Lipinski definition) is 0. The third kappa shape index (κ3) is 6.01. The highest BCUT2D eigenvalue weighted by molar-refractivity contribution is 7.52. The third-order valence-corrected chi connectivity index (χ3v) is 7.89. The predicted octanol–water partition coefficient (Wildman–Crippen LogP) is 7.82. The largest absolute Gasteiger partial charge is 0.475 e. The van der Waals surface area contributed by atoms with E-state index >= 15 is 0 Å². The Hall–Kier alpha value is -1.92. The Bertz CT molecular complexity index is 1040. The summed E-state index contributed by atoms with van der Waals surface area (Å²) in [6.07, 6.45) is 0. The summed E-state index contributed by atoms with van der Waals surface area (Å²) in [6, 6.07) is 15.8. The molecule has 3 rings (SSSR count). The maximum atomic E-state index is 6.25. The van der Waals surface area contributed by atoms with Crippen LogP contribution in [0.25, 0.3) is 0 Å². The van der Waals surface area contributed by atoms with Crippen molar-refractivity contribution in [3.63, 3.8) is 0 Å². The van der Waals surface area contributed by atoms with Crippen LogP contribution in [0.4, 0.5) is 0 Å². The Morgan fingerprint density at radius 2 is 1.38 bits per heavy atom. The van der Waals surface area contributed by atoms with Gasteiger partial charge in [0.25, 0.3) is 0 Å². The minimum Gasteiger partial charge on any atom is -0.475 e. The lowest BCUT2D eigenvalue weighted by atomic mass is 9.75. The summed E-state index contributed by atoms with van der Waals surface area (Å²) in [7, 11) is 1.16. The number of rotatable bonds is 4. The average Bonchev–Trinajstić information content (AvgIpc) is 3.20. The van der Waals surface area contributed by atoms with E-state index in [2.05, 4.69) is 119 Å². The van der Waals surface area contributed by atoms with Gasteiger partial charge in [-0.3, -0.25) is 0 Å². The van der Waals surface area contributed by atoms with E-state index in [-0.39, 0.29) is 22.3 Å². The molecule has 184 valence electrons. The molecule has 2 aromatic carbocycles. The normalized spacial score (nSPS) is 17.7. The van der Waals surface area contributed by atoms with Gasteiger partial charge in [-0.05, 0) is 44.4 Å². The van der Waals surface area contributed by atoms with Gasteiger partial charge in [0, 0.05) is 5.30 Å². The fourth-order valence-corrected chi connectivity index (χ4v) is 5.90. The van der Waals surface area contributed by atoms with Crippen molar-refractivity contribution in [3.8, 4) is 0 Å². The number of hydrogen-bond acceptors (Lipinski definition) is 2. The van der Waals surface area contributed by atoms with Gasteiger partial charge in [-0.25, -0.2) is 4.99 Å². The fraction of sp³-hybridized carbons (Fsp3) is 0.548. The average molecular weight is 478 g/mol. The number of aliphatic imine (C=N–C) groups is 1. The lowest BCUT2D eigenvalue weighted by Crippen LogP contribution is -2.30. The van der Waals surface area contributed by atoms with E-state index < -0.39 is 0 Å². The van der Waals surface area contributed by atoms with Gasteiger partial charge in [0.2, 0.25) is 5.90 Å². The molecule has 0 aromatic heterocycles. The number of benzene rings is 2. The summed E-state index contributed by atoms with van der Waals surface area (Å²) in [5.41, 5.74) is 5.54. The molecule has 0 unspecified atom stereocenters.